The van der Waals surface area contributed by atoms with Crippen LogP contribution in [0, 0.1) is 0 Å². The van der Waals surface area contributed by atoms with Crippen molar-refractivity contribution in [2.45, 2.75) is 51.0 Å². The highest BCUT2D eigenvalue weighted by atomic mass is 32.1. The second-order valence-electron chi connectivity index (χ2n) is 8.23. The first kappa shape index (κ1) is 18.8. The highest BCUT2D eigenvalue weighted by molar-refractivity contribution is 7.15. The predicted molar refractivity (Wildman–Crippen MR) is 113 cm³/mol. The molecule has 2 aromatic heterocycles. The largest absolute Gasteiger partial charge is 0.372 e. The van der Waals surface area contributed by atoms with Crippen LogP contribution in [0.5, 0.6) is 0 Å². The van der Waals surface area contributed by atoms with Gasteiger partial charge >= 0.3 is 0 Å². The van der Waals surface area contributed by atoms with E-state index in [4.69, 9.17) is 9.72 Å². The molecule has 1 N–H and O–H groups in total. The third-order valence-corrected chi connectivity index (χ3v) is 6.70. The van der Waals surface area contributed by atoms with E-state index in [0.29, 0.717) is 25.3 Å². The van der Waals surface area contributed by atoms with E-state index in [1.807, 2.05) is 36.4 Å². The molecule has 3 aromatic rings. The first-order chi connectivity index (χ1) is 14.1. The summed E-state index contributed by atoms with van der Waals surface area (Å²) in [5.74, 6) is 0.00394. The lowest BCUT2D eigenvalue weighted by atomic mass is 10.0. The van der Waals surface area contributed by atoms with Crippen LogP contribution in [0.4, 0.5) is 0 Å². The summed E-state index contributed by atoms with van der Waals surface area (Å²) in [6, 6.07) is 10.6. The minimum absolute atomic E-state index is 0.00394. The van der Waals surface area contributed by atoms with E-state index < -0.39 is 0 Å². The number of morpholine rings is 1. The van der Waals surface area contributed by atoms with E-state index in [9.17, 15) is 4.79 Å². The average Bonchev–Trinajstić information content (AvgIpc) is 3.23. The smallest absolute Gasteiger partial charge is 0.274 e. The van der Waals surface area contributed by atoms with Gasteiger partial charge in [-0.05, 0) is 32.3 Å². The Morgan fingerprint density at radius 2 is 1.97 bits per heavy atom. The van der Waals surface area contributed by atoms with Crippen molar-refractivity contribution in [3.05, 3.63) is 58.9 Å². The zero-order valence-corrected chi connectivity index (χ0v) is 17.6. The van der Waals surface area contributed by atoms with Crippen molar-refractivity contribution in [2.75, 3.05) is 13.1 Å². The van der Waals surface area contributed by atoms with Gasteiger partial charge in [0.1, 0.15) is 0 Å². The molecule has 1 saturated heterocycles. The molecule has 2 atom stereocenters. The minimum atomic E-state index is 0.00394. The highest BCUT2D eigenvalue weighted by Crippen LogP contribution is 2.45. The predicted octanol–water partition coefficient (Wildman–Crippen LogP) is 3.42. The summed E-state index contributed by atoms with van der Waals surface area (Å²) in [7, 11) is 0. The second-order valence-corrected chi connectivity index (χ2v) is 9.10. The second kappa shape index (κ2) is 7.23. The molecule has 29 heavy (non-hydrogen) atoms. The van der Waals surface area contributed by atoms with Crippen LogP contribution < -0.4 is 5.32 Å². The molecule has 1 amide bonds. The number of carbonyl (C=O) groups is 1. The molecule has 5 rings (SSSR count). The van der Waals surface area contributed by atoms with E-state index in [1.54, 1.807) is 11.3 Å². The van der Waals surface area contributed by atoms with Gasteiger partial charge in [-0.15, -0.1) is 11.3 Å². The number of imidazole rings is 1. The van der Waals surface area contributed by atoms with E-state index in [-0.39, 0.29) is 23.7 Å². The van der Waals surface area contributed by atoms with Crippen LogP contribution in [-0.4, -0.2) is 45.5 Å². The number of ether oxygens (including phenoxy) is 1. The molecule has 1 aliphatic carbocycles. The van der Waals surface area contributed by atoms with Crippen LogP contribution >= 0.6 is 11.3 Å². The Hall–Kier alpha value is -2.22. The number of aromatic nitrogens is 2. The Morgan fingerprint density at radius 3 is 2.66 bits per heavy atom. The van der Waals surface area contributed by atoms with Gasteiger partial charge in [-0.3, -0.25) is 9.20 Å². The Morgan fingerprint density at radius 1 is 1.24 bits per heavy atom. The molecule has 0 radical (unpaired) electrons. The molecule has 1 aliphatic heterocycles. The van der Waals surface area contributed by atoms with Crippen LogP contribution in [0.25, 0.3) is 4.96 Å². The molecule has 2 fully saturated rings. The molecule has 0 spiro atoms. The minimum Gasteiger partial charge on any atom is -0.372 e. The number of carbonyl (C=O) groups excluding carboxylic acids is 1. The molecule has 0 bridgehead atoms. The molecule has 6 nitrogen and oxygen atoms in total. The molecule has 1 aromatic carbocycles. The molecule has 0 unspecified atom stereocenters. The number of nitrogens with zero attached hydrogens (tertiary/aromatic N) is 3. The lowest BCUT2D eigenvalue weighted by Gasteiger charge is -2.35. The van der Waals surface area contributed by atoms with Crippen LogP contribution in [0.2, 0.25) is 0 Å². The molecule has 1 saturated carbocycles. The summed E-state index contributed by atoms with van der Waals surface area (Å²) in [5.41, 5.74) is 2.84. The Bertz CT molecular complexity index is 1010. The lowest BCUT2D eigenvalue weighted by Crippen LogP contribution is -2.48. The number of benzene rings is 1. The summed E-state index contributed by atoms with van der Waals surface area (Å²) >= 11 is 1.56. The van der Waals surface area contributed by atoms with E-state index >= 15 is 0 Å². The van der Waals surface area contributed by atoms with Crippen molar-refractivity contribution >= 4 is 22.2 Å². The number of hydrogen-bond donors (Lipinski definition) is 1. The average molecular weight is 411 g/mol. The summed E-state index contributed by atoms with van der Waals surface area (Å²) < 4.78 is 7.85. The fourth-order valence-electron chi connectivity index (χ4n) is 4.37. The van der Waals surface area contributed by atoms with E-state index in [2.05, 4.69) is 34.0 Å². The van der Waals surface area contributed by atoms with Gasteiger partial charge in [0, 0.05) is 36.8 Å². The first-order valence-electron chi connectivity index (χ1n) is 10.3. The fourth-order valence-corrected chi connectivity index (χ4v) is 5.10. The summed E-state index contributed by atoms with van der Waals surface area (Å²) in [5, 5.41) is 5.75. The molecule has 2 aliphatic rings. The summed E-state index contributed by atoms with van der Waals surface area (Å²) in [6.45, 7) is 5.86. The van der Waals surface area contributed by atoms with Crippen LogP contribution in [0.3, 0.4) is 0 Å². The normalized spacial score (nSPS) is 23.4. The molecule has 7 heteroatoms. The van der Waals surface area contributed by atoms with Gasteiger partial charge < -0.3 is 15.0 Å². The third kappa shape index (κ3) is 3.47. The number of hydrogen-bond acceptors (Lipinski definition) is 5. The van der Waals surface area contributed by atoms with Crippen molar-refractivity contribution in [1.82, 2.24) is 19.6 Å². The van der Waals surface area contributed by atoms with Crippen molar-refractivity contribution in [2.24, 2.45) is 0 Å². The van der Waals surface area contributed by atoms with Crippen LogP contribution in [0.1, 0.15) is 48.4 Å². The van der Waals surface area contributed by atoms with Crippen LogP contribution in [0.15, 0.2) is 41.9 Å². The standard InChI is InChI=1S/C22H26N4O2S/c1-15-13-25(14-16(2)28-15)20(27)19-18(26-10-11-29-21(26)24-19)12-23-22(8-9-22)17-6-4-3-5-7-17/h3-7,10-11,15-16,23H,8-9,12-14H2,1-2H3/t15-,16+. The molecular formula is C22H26N4O2S. The topological polar surface area (TPSA) is 58.9 Å². The quantitative estimate of drug-likeness (QED) is 0.700. The SMILES string of the molecule is C[C@@H]1CN(C(=O)c2nc3sccn3c2CNC2(c3ccccc3)CC2)C[C@H](C)O1. The summed E-state index contributed by atoms with van der Waals surface area (Å²) in [6.07, 6.45) is 4.32. The van der Waals surface area contributed by atoms with Crippen molar-refractivity contribution < 1.29 is 9.53 Å². The maximum atomic E-state index is 13.4. The number of fused-ring (bicyclic) bond motifs is 1. The molecular weight excluding hydrogens is 384 g/mol. The fraction of sp³-hybridized carbons (Fsp3) is 0.455. The third-order valence-electron chi connectivity index (χ3n) is 5.94. The van der Waals surface area contributed by atoms with Gasteiger partial charge in [-0.25, -0.2) is 4.98 Å². The maximum Gasteiger partial charge on any atom is 0.274 e. The van der Waals surface area contributed by atoms with Crippen molar-refractivity contribution in [3.63, 3.8) is 0 Å². The van der Waals surface area contributed by atoms with E-state index in [0.717, 1.165) is 23.5 Å². The van der Waals surface area contributed by atoms with Gasteiger partial charge in [0.2, 0.25) is 0 Å². The maximum absolute atomic E-state index is 13.4. The Kier molecular flexibility index (Phi) is 4.69. The molecule has 3 heterocycles. The van der Waals surface area contributed by atoms with Gasteiger partial charge in [0.25, 0.3) is 5.91 Å². The number of nitrogens with one attached hydrogen (secondary N) is 1. The van der Waals surface area contributed by atoms with Crippen molar-refractivity contribution in [3.8, 4) is 0 Å². The van der Waals surface area contributed by atoms with Crippen molar-refractivity contribution in [1.29, 1.82) is 0 Å². The molecule has 152 valence electrons. The van der Waals surface area contributed by atoms with Gasteiger partial charge in [-0.1, -0.05) is 30.3 Å². The van der Waals surface area contributed by atoms with Crippen LogP contribution in [-0.2, 0) is 16.8 Å². The lowest BCUT2D eigenvalue weighted by molar-refractivity contribution is -0.0587. The van der Waals surface area contributed by atoms with Gasteiger partial charge in [0.15, 0.2) is 10.7 Å². The number of thiazole rings is 1. The Balaban J connectivity index is 1.42. The first-order valence-corrected chi connectivity index (χ1v) is 11.1. The summed E-state index contributed by atoms with van der Waals surface area (Å²) in [4.78, 5) is 20.8. The Labute approximate surface area is 174 Å². The van der Waals surface area contributed by atoms with Gasteiger partial charge in [-0.2, -0.15) is 0 Å². The number of rotatable bonds is 5. The number of amides is 1. The van der Waals surface area contributed by atoms with Gasteiger partial charge in [0.05, 0.1) is 17.9 Å². The zero-order chi connectivity index (χ0) is 20.0. The highest BCUT2D eigenvalue weighted by Gasteiger charge is 2.44. The van der Waals surface area contributed by atoms with E-state index in [1.165, 1.54) is 5.56 Å². The monoisotopic (exact) mass is 410 g/mol. The zero-order valence-electron chi connectivity index (χ0n) is 16.8.